The van der Waals surface area contributed by atoms with Gasteiger partial charge in [0.15, 0.2) is 0 Å². The number of unbranched alkanes of at least 4 members (excludes halogenated alkanes) is 4. The van der Waals surface area contributed by atoms with Crippen LogP contribution in [0.2, 0.25) is 16.6 Å². The summed E-state index contributed by atoms with van der Waals surface area (Å²) in [4.78, 5) is 2.97. The maximum absolute atomic E-state index is 2.62. The second-order valence-corrected chi connectivity index (χ2v) is 19.0. The molecule has 3 rings (SSSR count). The summed E-state index contributed by atoms with van der Waals surface area (Å²) in [5.41, 5.74) is 7.85. The van der Waals surface area contributed by atoms with Crippen LogP contribution < -0.4 is 5.19 Å². The van der Waals surface area contributed by atoms with Gasteiger partial charge in [-0.2, -0.15) is 0 Å². The molecule has 0 spiro atoms. The van der Waals surface area contributed by atoms with Crippen LogP contribution in [0.4, 0.5) is 0 Å². The molecule has 0 bridgehead atoms. The number of thiophene rings is 1. The van der Waals surface area contributed by atoms with Crippen molar-refractivity contribution in [1.82, 2.24) is 0 Å². The van der Waals surface area contributed by atoms with Gasteiger partial charge in [0, 0.05) is 9.75 Å². The van der Waals surface area contributed by atoms with Crippen LogP contribution in [0.25, 0.3) is 20.9 Å². The third-order valence-electron chi connectivity index (χ3n) is 8.66. The fraction of sp³-hybridized carbons (Fsp3) is 0.543. The highest BCUT2D eigenvalue weighted by Gasteiger charge is 2.46. The average molecular weight is 533 g/mol. The van der Waals surface area contributed by atoms with Crippen LogP contribution >= 0.6 is 11.3 Å². The Labute approximate surface area is 234 Å². The first-order valence-corrected chi connectivity index (χ1v) is 18.1. The van der Waals surface area contributed by atoms with Gasteiger partial charge in [0.05, 0.1) is 8.07 Å². The molecule has 0 N–H and O–H groups in total. The topological polar surface area (TPSA) is 0 Å². The summed E-state index contributed by atoms with van der Waals surface area (Å²) in [7, 11) is -1.80. The Hall–Kier alpha value is -1.64. The molecule has 1 aromatic heterocycles. The van der Waals surface area contributed by atoms with Crippen molar-refractivity contribution in [2.45, 2.75) is 123 Å². The van der Waals surface area contributed by atoms with Crippen molar-refractivity contribution < 1.29 is 0 Å². The highest BCUT2D eigenvalue weighted by molar-refractivity contribution is 7.21. The van der Waals surface area contributed by atoms with Gasteiger partial charge in [0.2, 0.25) is 0 Å². The number of hydrogen-bond donors (Lipinski definition) is 0. The molecule has 0 fully saturated rings. The zero-order valence-electron chi connectivity index (χ0n) is 25.0. The average Bonchev–Trinajstić information content (AvgIpc) is 3.30. The molecular weight excluding hydrogens is 481 g/mol. The predicted molar refractivity (Wildman–Crippen MR) is 172 cm³/mol. The third kappa shape index (κ3) is 6.87. The van der Waals surface area contributed by atoms with Crippen LogP contribution in [0.15, 0.2) is 54.6 Å². The number of hydrogen-bond acceptors (Lipinski definition) is 1. The maximum atomic E-state index is 2.62. The van der Waals surface area contributed by atoms with E-state index in [9.17, 15) is 0 Å². The lowest BCUT2D eigenvalue weighted by Gasteiger charge is -2.43. The molecule has 1 heterocycles. The van der Waals surface area contributed by atoms with E-state index in [4.69, 9.17) is 0 Å². The second kappa shape index (κ2) is 13.9. The van der Waals surface area contributed by atoms with Gasteiger partial charge in [0.25, 0.3) is 0 Å². The molecule has 0 aliphatic rings. The maximum Gasteiger partial charge on any atom is 0.0961 e. The van der Waals surface area contributed by atoms with Gasteiger partial charge in [-0.15, -0.1) is 11.3 Å². The van der Waals surface area contributed by atoms with E-state index in [0.717, 1.165) is 0 Å². The summed E-state index contributed by atoms with van der Waals surface area (Å²) in [6.45, 7) is 19.5. The van der Waals surface area contributed by atoms with Gasteiger partial charge in [0.1, 0.15) is 0 Å². The van der Waals surface area contributed by atoms with E-state index in [0.29, 0.717) is 16.6 Å². The van der Waals surface area contributed by atoms with Crippen molar-refractivity contribution in [2.24, 2.45) is 0 Å². The van der Waals surface area contributed by atoms with E-state index in [-0.39, 0.29) is 0 Å². The fourth-order valence-corrected chi connectivity index (χ4v) is 15.5. The molecule has 0 aliphatic carbocycles. The first-order chi connectivity index (χ1) is 17.7. The van der Waals surface area contributed by atoms with E-state index in [1.807, 2.05) is 11.3 Å². The first kappa shape index (κ1) is 29.9. The summed E-state index contributed by atoms with van der Waals surface area (Å²) in [5.74, 6) is 0. The largest absolute Gasteiger partial charge is 0.135 e. The van der Waals surface area contributed by atoms with Crippen molar-refractivity contribution in [3.63, 3.8) is 0 Å². The second-order valence-electron chi connectivity index (χ2n) is 12.1. The Balaban J connectivity index is 2.07. The lowest BCUT2D eigenvalue weighted by molar-refractivity contribution is 0.717. The van der Waals surface area contributed by atoms with Crippen molar-refractivity contribution in [3.8, 4) is 20.9 Å². The molecular formula is C35H52SSi. The number of benzene rings is 2. The van der Waals surface area contributed by atoms with Gasteiger partial charge in [-0.1, -0.05) is 130 Å². The summed E-state index contributed by atoms with van der Waals surface area (Å²) in [5, 5.41) is 1.69. The summed E-state index contributed by atoms with van der Waals surface area (Å²) in [6, 6.07) is 21.7. The fourth-order valence-electron chi connectivity index (χ4n) is 6.82. The molecule has 0 nitrogen and oxygen atoms in total. The Bertz CT molecular complexity index is 1050. The number of aryl methyl sites for hydroxylation is 2. The Morgan fingerprint density at radius 1 is 0.595 bits per heavy atom. The van der Waals surface area contributed by atoms with Crippen LogP contribution in [0.3, 0.4) is 0 Å². The van der Waals surface area contributed by atoms with E-state index >= 15 is 0 Å². The van der Waals surface area contributed by atoms with Crippen molar-refractivity contribution in [1.29, 1.82) is 0 Å². The standard InChI is InChI=1S/C35H52SSi/c1-9-11-13-15-29-17-21-31(22-18-29)33-25-34(37(26(3)4,27(5)6)28(7)8)35(36-33)32-23-19-30(20-24-32)16-14-12-10-2/h17-28H,9-16H2,1-8H3. The van der Waals surface area contributed by atoms with Crippen LogP contribution in [-0.4, -0.2) is 8.07 Å². The van der Waals surface area contributed by atoms with Gasteiger partial charge in [-0.3, -0.25) is 0 Å². The Morgan fingerprint density at radius 2 is 1.03 bits per heavy atom. The highest BCUT2D eigenvalue weighted by Crippen LogP contribution is 2.46. The smallest absolute Gasteiger partial charge is 0.0961 e. The molecule has 0 unspecified atom stereocenters. The van der Waals surface area contributed by atoms with Crippen LogP contribution in [-0.2, 0) is 12.8 Å². The highest BCUT2D eigenvalue weighted by atomic mass is 32.1. The zero-order valence-corrected chi connectivity index (χ0v) is 26.8. The SMILES string of the molecule is CCCCCc1ccc(-c2cc([Si](C(C)C)(C(C)C)C(C)C)c(-c3ccc(CCCCC)cc3)s2)cc1. The van der Waals surface area contributed by atoms with Gasteiger partial charge >= 0.3 is 0 Å². The zero-order chi connectivity index (χ0) is 27.0. The van der Waals surface area contributed by atoms with Gasteiger partial charge < -0.3 is 0 Å². The lowest BCUT2D eigenvalue weighted by atomic mass is 10.0. The molecule has 2 aromatic carbocycles. The van der Waals surface area contributed by atoms with Crippen LogP contribution in [0.5, 0.6) is 0 Å². The quantitative estimate of drug-likeness (QED) is 0.143. The predicted octanol–water partition coefficient (Wildman–Crippen LogP) is 11.4. The van der Waals surface area contributed by atoms with E-state index < -0.39 is 8.07 Å². The van der Waals surface area contributed by atoms with Crippen molar-refractivity contribution in [3.05, 3.63) is 65.7 Å². The normalized spacial score (nSPS) is 12.3. The minimum Gasteiger partial charge on any atom is -0.135 e. The lowest BCUT2D eigenvalue weighted by Crippen LogP contribution is -2.55. The molecule has 0 saturated carbocycles. The van der Waals surface area contributed by atoms with Gasteiger partial charge in [-0.05, 0) is 75.8 Å². The van der Waals surface area contributed by atoms with E-state index in [1.165, 1.54) is 83.4 Å². The molecule has 0 radical (unpaired) electrons. The summed E-state index contributed by atoms with van der Waals surface area (Å²) < 4.78 is 0. The monoisotopic (exact) mass is 532 g/mol. The minimum atomic E-state index is -1.80. The van der Waals surface area contributed by atoms with Crippen molar-refractivity contribution >= 4 is 24.6 Å². The molecule has 202 valence electrons. The van der Waals surface area contributed by atoms with Crippen LogP contribution in [0, 0.1) is 0 Å². The number of rotatable bonds is 14. The molecule has 0 aliphatic heterocycles. The summed E-state index contributed by atoms with van der Waals surface area (Å²) >= 11 is 2.03. The first-order valence-electron chi connectivity index (χ1n) is 15.1. The summed E-state index contributed by atoms with van der Waals surface area (Å²) in [6.07, 6.45) is 10.2. The molecule has 0 saturated heterocycles. The van der Waals surface area contributed by atoms with Gasteiger partial charge in [-0.25, -0.2) is 0 Å². The molecule has 37 heavy (non-hydrogen) atoms. The van der Waals surface area contributed by atoms with Crippen molar-refractivity contribution in [2.75, 3.05) is 0 Å². The minimum absolute atomic E-state index is 0.697. The van der Waals surface area contributed by atoms with E-state index in [1.54, 1.807) is 5.19 Å². The Kier molecular flexibility index (Phi) is 11.3. The third-order valence-corrected chi connectivity index (χ3v) is 17.1. The Morgan fingerprint density at radius 3 is 1.43 bits per heavy atom. The molecule has 3 aromatic rings. The van der Waals surface area contributed by atoms with E-state index in [2.05, 4.69) is 110 Å². The molecule has 2 heteroatoms. The molecule has 0 amide bonds. The molecule has 0 atom stereocenters. The van der Waals surface area contributed by atoms with Crippen LogP contribution in [0.1, 0.15) is 105 Å².